The number of hydrogen-bond donors (Lipinski definition) is 1. The van der Waals surface area contributed by atoms with Crippen molar-refractivity contribution < 1.29 is 14.3 Å². The van der Waals surface area contributed by atoms with E-state index in [1.807, 2.05) is 31.2 Å². The Kier molecular flexibility index (Phi) is 5.48. The first kappa shape index (κ1) is 17.5. The average Bonchev–Trinajstić information content (AvgIpc) is 3.17. The molecule has 0 saturated carbocycles. The van der Waals surface area contributed by atoms with Crippen molar-refractivity contribution in [2.45, 2.75) is 13.5 Å². The summed E-state index contributed by atoms with van der Waals surface area (Å²) in [5, 5.41) is 7.05. The van der Waals surface area contributed by atoms with Crippen LogP contribution >= 0.6 is 0 Å². The maximum Gasteiger partial charge on any atom is 0.255 e. The lowest BCUT2D eigenvalue weighted by atomic mass is 10.1. The second kappa shape index (κ2) is 8.15. The molecule has 0 aliphatic rings. The van der Waals surface area contributed by atoms with Gasteiger partial charge in [-0.15, -0.1) is 0 Å². The molecule has 0 aliphatic heterocycles. The van der Waals surface area contributed by atoms with Gasteiger partial charge in [0.15, 0.2) is 11.5 Å². The predicted octanol–water partition coefficient (Wildman–Crippen LogP) is 2.99. The molecule has 26 heavy (non-hydrogen) atoms. The van der Waals surface area contributed by atoms with E-state index in [2.05, 4.69) is 15.4 Å². The van der Waals surface area contributed by atoms with Crippen molar-refractivity contribution in [1.29, 1.82) is 0 Å². The number of ether oxygens (including phenoxy) is 2. The highest BCUT2D eigenvalue weighted by molar-refractivity contribution is 6.05. The van der Waals surface area contributed by atoms with Gasteiger partial charge in [0, 0.05) is 11.3 Å². The van der Waals surface area contributed by atoms with Gasteiger partial charge in [-0.05, 0) is 36.8 Å². The van der Waals surface area contributed by atoms with E-state index in [1.165, 1.54) is 6.33 Å². The van der Waals surface area contributed by atoms with Gasteiger partial charge < -0.3 is 14.8 Å². The summed E-state index contributed by atoms with van der Waals surface area (Å²) in [5.74, 6) is 0.908. The minimum atomic E-state index is -0.225. The van der Waals surface area contributed by atoms with Crippen LogP contribution in [0.4, 0.5) is 5.69 Å². The lowest BCUT2D eigenvalue weighted by Crippen LogP contribution is -2.14. The fraction of sp³-hybridized carbons (Fsp3) is 0.211. The van der Waals surface area contributed by atoms with Gasteiger partial charge in [-0.25, -0.2) is 9.67 Å². The highest BCUT2D eigenvalue weighted by Crippen LogP contribution is 2.28. The van der Waals surface area contributed by atoms with E-state index in [-0.39, 0.29) is 5.91 Å². The third-order valence-corrected chi connectivity index (χ3v) is 3.79. The standard InChI is InChI=1S/C19H20N4O3/c1-3-26-17-9-8-14(10-18(17)25-2)19(24)22-16-7-5-4-6-15(16)11-23-13-20-12-21-23/h4-10,12-13H,3,11H2,1-2H3,(H,22,24). The van der Waals surface area contributed by atoms with E-state index in [1.54, 1.807) is 36.3 Å². The fourth-order valence-electron chi connectivity index (χ4n) is 2.55. The molecular weight excluding hydrogens is 332 g/mol. The molecule has 0 saturated heterocycles. The van der Waals surface area contributed by atoms with E-state index in [0.717, 1.165) is 11.3 Å². The number of anilines is 1. The zero-order valence-electron chi connectivity index (χ0n) is 14.7. The number of aromatic nitrogens is 3. The van der Waals surface area contributed by atoms with Crippen LogP contribution in [0.15, 0.2) is 55.1 Å². The van der Waals surface area contributed by atoms with Gasteiger partial charge in [0.1, 0.15) is 12.7 Å². The van der Waals surface area contributed by atoms with Crippen molar-refractivity contribution >= 4 is 11.6 Å². The first-order chi connectivity index (χ1) is 12.7. The third kappa shape index (κ3) is 4.00. The van der Waals surface area contributed by atoms with Crippen LogP contribution in [0.25, 0.3) is 0 Å². The second-order valence-electron chi connectivity index (χ2n) is 5.50. The van der Waals surface area contributed by atoms with Gasteiger partial charge in [0.05, 0.1) is 20.3 Å². The summed E-state index contributed by atoms with van der Waals surface area (Å²) >= 11 is 0. The summed E-state index contributed by atoms with van der Waals surface area (Å²) in [6.07, 6.45) is 3.11. The number of rotatable bonds is 7. The van der Waals surface area contributed by atoms with Crippen molar-refractivity contribution in [2.75, 3.05) is 19.0 Å². The smallest absolute Gasteiger partial charge is 0.255 e. The number of amides is 1. The Bertz CT molecular complexity index is 878. The quantitative estimate of drug-likeness (QED) is 0.707. The molecule has 3 rings (SSSR count). The van der Waals surface area contributed by atoms with Gasteiger partial charge in [0.25, 0.3) is 5.91 Å². The van der Waals surface area contributed by atoms with Crippen molar-refractivity contribution in [2.24, 2.45) is 0 Å². The molecule has 0 unspecified atom stereocenters. The summed E-state index contributed by atoms with van der Waals surface area (Å²) in [5.41, 5.74) is 2.14. The SMILES string of the molecule is CCOc1ccc(C(=O)Nc2ccccc2Cn2cncn2)cc1OC. The highest BCUT2D eigenvalue weighted by atomic mass is 16.5. The summed E-state index contributed by atoms with van der Waals surface area (Å²) in [7, 11) is 1.55. The third-order valence-electron chi connectivity index (χ3n) is 3.79. The molecule has 1 heterocycles. The molecule has 0 bridgehead atoms. The molecule has 0 fully saturated rings. The Morgan fingerprint density at radius 2 is 2.04 bits per heavy atom. The predicted molar refractivity (Wildman–Crippen MR) is 97.7 cm³/mol. The normalized spacial score (nSPS) is 10.4. The molecule has 0 radical (unpaired) electrons. The van der Waals surface area contributed by atoms with E-state index in [4.69, 9.17) is 9.47 Å². The molecule has 1 amide bonds. The number of benzene rings is 2. The van der Waals surface area contributed by atoms with Crippen LogP contribution in [0, 0.1) is 0 Å². The Hall–Kier alpha value is -3.35. The van der Waals surface area contributed by atoms with Crippen LogP contribution in [0.3, 0.4) is 0 Å². The molecule has 0 atom stereocenters. The van der Waals surface area contributed by atoms with Gasteiger partial charge in [-0.3, -0.25) is 4.79 Å². The van der Waals surface area contributed by atoms with Crippen molar-refractivity contribution in [3.8, 4) is 11.5 Å². The monoisotopic (exact) mass is 352 g/mol. The van der Waals surface area contributed by atoms with Crippen molar-refractivity contribution in [3.05, 3.63) is 66.2 Å². The fourth-order valence-corrected chi connectivity index (χ4v) is 2.55. The zero-order valence-corrected chi connectivity index (χ0v) is 14.7. The molecule has 3 aromatic rings. The minimum Gasteiger partial charge on any atom is -0.493 e. The molecule has 1 aromatic heterocycles. The Labute approximate surface area is 151 Å². The lowest BCUT2D eigenvalue weighted by Gasteiger charge is -2.13. The summed E-state index contributed by atoms with van der Waals surface area (Å²) in [6.45, 7) is 2.94. The molecule has 0 aliphatic carbocycles. The summed E-state index contributed by atoms with van der Waals surface area (Å²) in [6, 6.07) is 12.7. The maximum atomic E-state index is 12.7. The number of carbonyl (C=O) groups excluding carboxylic acids is 1. The van der Waals surface area contributed by atoms with Crippen LogP contribution in [-0.2, 0) is 6.54 Å². The first-order valence-corrected chi connectivity index (χ1v) is 8.23. The molecule has 7 heteroatoms. The molecule has 1 N–H and O–H groups in total. The van der Waals surface area contributed by atoms with Crippen LogP contribution in [-0.4, -0.2) is 34.4 Å². The Morgan fingerprint density at radius 3 is 2.77 bits per heavy atom. The summed E-state index contributed by atoms with van der Waals surface area (Å²) in [4.78, 5) is 16.6. The number of para-hydroxylation sites is 1. The zero-order chi connectivity index (χ0) is 18.4. The molecule has 134 valence electrons. The van der Waals surface area contributed by atoms with Crippen LogP contribution < -0.4 is 14.8 Å². The largest absolute Gasteiger partial charge is 0.493 e. The number of carbonyl (C=O) groups is 1. The molecule has 0 spiro atoms. The number of nitrogens with zero attached hydrogens (tertiary/aromatic N) is 3. The molecular formula is C19H20N4O3. The van der Waals surface area contributed by atoms with Crippen LogP contribution in [0.2, 0.25) is 0 Å². The Balaban J connectivity index is 1.80. The second-order valence-corrected chi connectivity index (χ2v) is 5.50. The first-order valence-electron chi connectivity index (χ1n) is 8.23. The van der Waals surface area contributed by atoms with Crippen molar-refractivity contribution in [1.82, 2.24) is 14.8 Å². The summed E-state index contributed by atoms with van der Waals surface area (Å²) < 4.78 is 12.5. The molecule has 2 aromatic carbocycles. The van der Waals surface area contributed by atoms with E-state index >= 15 is 0 Å². The van der Waals surface area contributed by atoms with Gasteiger partial charge in [0.2, 0.25) is 0 Å². The Morgan fingerprint density at radius 1 is 1.19 bits per heavy atom. The maximum absolute atomic E-state index is 12.7. The van der Waals surface area contributed by atoms with Crippen LogP contribution in [0.1, 0.15) is 22.8 Å². The topological polar surface area (TPSA) is 78.3 Å². The number of hydrogen-bond acceptors (Lipinski definition) is 5. The van der Waals surface area contributed by atoms with Crippen molar-refractivity contribution in [3.63, 3.8) is 0 Å². The minimum absolute atomic E-state index is 0.225. The lowest BCUT2D eigenvalue weighted by molar-refractivity contribution is 0.102. The van der Waals surface area contributed by atoms with E-state index < -0.39 is 0 Å². The highest BCUT2D eigenvalue weighted by Gasteiger charge is 2.13. The van der Waals surface area contributed by atoms with E-state index in [0.29, 0.717) is 30.2 Å². The van der Waals surface area contributed by atoms with Gasteiger partial charge in [-0.1, -0.05) is 18.2 Å². The van der Waals surface area contributed by atoms with E-state index in [9.17, 15) is 4.79 Å². The molecule has 7 nitrogen and oxygen atoms in total. The number of methoxy groups -OCH3 is 1. The van der Waals surface area contributed by atoms with Gasteiger partial charge in [-0.2, -0.15) is 5.10 Å². The average molecular weight is 352 g/mol. The van der Waals surface area contributed by atoms with Crippen LogP contribution in [0.5, 0.6) is 11.5 Å². The van der Waals surface area contributed by atoms with Gasteiger partial charge >= 0.3 is 0 Å². The number of nitrogens with one attached hydrogen (secondary N) is 1.